The Morgan fingerprint density at radius 2 is 2.25 bits per heavy atom. The number of rotatable bonds is 3. The van der Waals surface area contributed by atoms with Crippen LogP contribution >= 0.6 is 11.8 Å². The zero-order valence-electron chi connectivity index (χ0n) is 11.1. The summed E-state index contributed by atoms with van der Waals surface area (Å²) in [5.41, 5.74) is -0.139. The summed E-state index contributed by atoms with van der Waals surface area (Å²) in [6, 6.07) is 0.351. The Kier molecular flexibility index (Phi) is 4.27. The molecule has 0 aliphatic carbocycles. The van der Waals surface area contributed by atoms with E-state index in [1.54, 1.807) is 0 Å². The minimum Gasteiger partial charge on any atom is -0.480 e. The molecule has 2 heterocycles. The van der Waals surface area contributed by atoms with Crippen LogP contribution in [0.3, 0.4) is 0 Å². The number of thioether (sulfide) groups is 1. The van der Waals surface area contributed by atoms with E-state index in [0.29, 0.717) is 5.75 Å². The number of carbonyl (C=O) groups excluding carboxylic acids is 1. The molecule has 108 valence electrons. The lowest BCUT2D eigenvalue weighted by molar-refractivity contribution is -0.141. The number of amides is 1. The minimum atomic E-state index is -1.07. The number of carbonyl (C=O) groups is 2. The molecule has 20 heavy (non-hydrogen) atoms. The molecule has 2 unspecified atom stereocenters. The molecule has 2 rings (SSSR count). The second-order valence-electron chi connectivity index (χ2n) is 4.89. The van der Waals surface area contributed by atoms with Crippen molar-refractivity contribution in [3.63, 3.8) is 0 Å². The molecular formula is C13H15FN2O3S. The summed E-state index contributed by atoms with van der Waals surface area (Å²) in [6.45, 7) is 3.82. The van der Waals surface area contributed by atoms with Gasteiger partial charge in [0.15, 0.2) is 5.82 Å². The molecule has 1 fully saturated rings. The number of aliphatic carboxylic acids is 1. The predicted molar refractivity (Wildman–Crippen MR) is 72.9 cm³/mol. The monoisotopic (exact) mass is 298 g/mol. The second-order valence-corrected chi connectivity index (χ2v) is 6.04. The molecule has 1 aromatic heterocycles. The minimum absolute atomic E-state index is 0.0817. The number of aromatic nitrogens is 1. The Morgan fingerprint density at radius 3 is 2.80 bits per heavy atom. The molecule has 1 aliphatic heterocycles. The van der Waals surface area contributed by atoms with E-state index in [-0.39, 0.29) is 16.9 Å². The lowest BCUT2D eigenvalue weighted by Gasteiger charge is -2.29. The van der Waals surface area contributed by atoms with E-state index >= 15 is 0 Å². The number of halogens is 1. The van der Waals surface area contributed by atoms with Gasteiger partial charge in [0.2, 0.25) is 0 Å². The first-order chi connectivity index (χ1) is 9.43. The van der Waals surface area contributed by atoms with Gasteiger partial charge in [-0.3, -0.25) is 9.78 Å². The van der Waals surface area contributed by atoms with Gasteiger partial charge in [0.05, 0.1) is 17.1 Å². The SMILES string of the molecule is CC(C)C1SCC(C(=O)O)N1C(=O)c1ccncc1F. The van der Waals surface area contributed by atoms with Crippen LogP contribution < -0.4 is 0 Å². The van der Waals surface area contributed by atoms with E-state index in [4.69, 9.17) is 0 Å². The fourth-order valence-electron chi connectivity index (χ4n) is 2.18. The average molecular weight is 298 g/mol. The zero-order valence-corrected chi connectivity index (χ0v) is 11.9. The molecule has 7 heteroatoms. The van der Waals surface area contributed by atoms with Gasteiger partial charge in [0.25, 0.3) is 5.91 Å². The van der Waals surface area contributed by atoms with Gasteiger partial charge in [-0.2, -0.15) is 0 Å². The van der Waals surface area contributed by atoms with Crippen molar-refractivity contribution in [1.82, 2.24) is 9.88 Å². The lowest BCUT2D eigenvalue weighted by Crippen LogP contribution is -2.47. The maximum absolute atomic E-state index is 13.7. The summed E-state index contributed by atoms with van der Waals surface area (Å²) < 4.78 is 13.7. The van der Waals surface area contributed by atoms with Crippen molar-refractivity contribution in [2.45, 2.75) is 25.3 Å². The van der Waals surface area contributed by atoms with Gasteiger partial charge in [-0.05, 0) is 12.0 Å². The van der Waals surface area contributed by atoms with Crippen LogP contribution in [0.2, 0.25) is 0 Å². The molecule has 1 saturated heterocycles. The van der Waals surface area contributed by atoms with Crippen LogP contribution in [0.4, 0.5) is 4.39 Å². The molecule has 2 atom stereocenters. The molecule has 0 spiro atoms. The van der Waals surface area contributed by atoms with Gasteiger partial charge in [-0.15, -0.1) is 11.8 Å². The van der Waals surface area contributed by atoms with Crippen LogP contribution in [0, 0.1) is 11.7 Å². The molecule has 1 aliphatic rings. The molecular weight excluding hydrogens is 283 g/mol. The Labute approximate surface area is 120 Å². The molecule has 0 radical (unpaired) electrons. The molecule has 0 saturated carbocycles. The first-order valence-electron chi connectivity index (χ1n) is 6.20. The van der Waals surface area contributed by atoms with E-state index < -0.39 is 23.7 Å². The lowest BCUT2D eigenvalue weighted by atomic mass is 10.1. The fraction of sp³-hybridized carbons (Fsp3) is 0.462. The fourth-order valence-corrected chi connectivity index (χ4v) is 3.65. The maximum Gasteiger partial charge on any atom is 0.327 e. The van der Waals surface area contributed by atoms with E-state index in [2.05, 4.69) is 4.98 Å². The predicted octanol–water partition coefficient (Wildman–Crippen LogP) is 1.85. The summed E-state index contributed by atoms with van der Waals surface area (Å²) in [4.78, 5) is 28.6. The number of carboxylic acid groups (broad SMARTS) is 1. The van der Waals surface area contributed by atoms with Crippen molar-refractivity contribution in [3.8, 4) is 0 Å². The molecule has 1 amide bonds. The third-order valence-corrected chi connectivity index (χ3v) is 4.75. The maximum atomic E-state index is 13.7. The van der Waals surface area contributed by atoms with Gasteiger partial charge in [-0.1, -0.05) is 13.8 Å². The third-order valence-electron chi connectivity index (χ3n) is 3.13. The highest BCUT2D eigenvalue weighted by Crippen LogP contribution is 2.35. The van der Waals surface area contributed by atoms with Crippen molar-refractivity contribution in [2.75, 3.05) is 5.75 Å². The van der Waals surface area contributed by atoms with Gasteiger partial charge in [-0.25, -0.2) is 9.18 Å². The van der Waals surface area contributed by atoms with Crippen molar-refractivity contribution >= 4 is 23.6 Å². The molecule has 0 aromatic carbocycles. The first kappa shape index (κ1) is 14.8. The summed E-state index contributed by atoms with van der Waals surface area (Å²) in [7, 11) is 0. The number of pyridine rings is 1. The number of hydrogen-bond donors (Lipinski definition) is 1. The first-order valence-corrected chi connectivity index (χ1v) is 7.25. The van der Waals surface area contributed by atoms with Gasteiger partial charge in [0.1, 0.15) is 6.04 Å². The summed E-state index contributed by atoms with van der Waals surface area (Å²) in [5, 5.41) is 8.97. The third kappa shape index (κ3) is 2.63. The molecule has 0 bridgehead atoms. The topological polar surface area (TPSA) is 70.5 Å². The van der Waals surface area contributed by atoms with Crippen LogP contribution in [0.5, 0.6) is 0 Å². The normalized spacial score (nSPS) is 22.3. The molecule has 1 aromatic rings. The van der Waals surface area contributed by atoms with Crippen LogP contribution in [0.25, 0.3) is 0 Å². The highest BCUT2D eigenvalue weighted by Gasteiger charge is 2.43. The Hall–Kier alpha value is -1.63. The highest BCUT2D eigenvalue weighted by atomic mass is 32.2. The number of carboxylic acids is 1. The van der Waals surface area contributed by atoms with Crippen LogP contribution in [0.15, 0.2) is 18.5 Å². The Balaban J connectivity index is 2.37. The molecule has 5 nitrogen and oxygen atoms in total. The van der Waals surface area contributed by atoms with E-state index in [1.165, 1.54) is 28.9 Å². The highest BCUT2D eigenvalue weighted by molar-refractivity contribution is 8.00. The standard InChI is InChI=1S/C13H15FN2O3S/c1-7(2)12-16(10(6-20-12)13(18)19)11(17)8-3-4-15-5-9(8)14/h3-5,7,10,12H,6H2,1-2H3,(H,18,19). The van der Waals surface area contributed by atoms with Gasteiger partial charge < -0.3 is 10.0 Å². The number of hydrogen-bond acceptors (Lipinski definition) is 4. The van der Waals surface area contributed by atoms with E-state index in [9.17, 15) is 19.1 Å². The van der Waals surface area contributed by atoms with Gasteiger partial charge >= 0.3 is 5.97 Å². The largest absolute Gasteiger partial charge is 0.480 e. The Bertz CT molecular complexity index is 538. The summed E-state index contributed by atoms with van der Waals surface area (Å²) in [6.07, 6.45) is 2.27. The van der Waals surface area contributed by atoms with Crippen LogP contribution in [0.1, 0.15) is 24.2 Å². The smallest absolute Gasteiger partial charge is 0.327 e. The second kappa shape index (κ2) is 5.78. The Morgan fingerprint density at radius 1 is 1.55 bits per heavy atom. The van der Waals surface area contributed by atoms with Crippen LogP contribution in [-0.2, 0) is 4.79 Å². The number of nitrogens with zero attached hydrogens (tertiary/aromatic N) is 2. The summed E-state index contributed by atoms with van der Waals surface area (Å²) >= 11 is 1.41. The van der Waals surface area contributed by atoms with Crippen molar-refractivity contribution in [1.29, 1.82) is 0 Å². The van der Waals surface area contributed by atoms with Gasteiger partial charge in [0, 0.05) is 11.9 Å². The van der Waals surface area contributed by atoms with E-state index in [0.717, 1.165) is 6.20 Å². The molecule has 1 N–H and O–H groups in total. The van der Waals surface area contributed by atoms with E-state index in [1.807, 2.05) is 13.8 Å². The van der Waals surface area contributed by atoms with Crippen molar-refractivity contribution < 1.29 is 19.1 Å². The summed E-state index contributed by atoms with van der Waals surface area (Å²) in [5.74, 6) is -2.00. The quantitative estimate of drug-likeness (QED) is 0.922. The van der Waals surface area contributed by atoms with Crippen molar-refractivity contribution in [2.24, 2.45) is 5.92 Å². The van der Waals surface area contributed by atoms with Crippen molar-refractivity contribution in [3.05, 3.63) is 29.8 Å². The zero-order chi connectivity index (χ0) is 14.9. The van der Waals surface area contributed by atoms with Crippen LogP contribution in [-0.4, -0.2) is 44.0 Å². The average Bonchev–Trinajstić information content (AvgIpc) is 2.83.